The Morgan fingerprint density at radius 3 is 2.67 bits per heavy atom. The first-order chi connectivity index (χ1) is 7.16. The number of nitrogen functional groups attached to an aromatic ring is 1. The Hall–Kier alpha value is -1.74. The van der Waals surface area contributed by atoms with E-state index in [0.717, 1.165) is 0 Å². The zero-order valence-corrected chi connectivity index (χ0v) is 8.57. The second-order valence-electron chi connectivity index (χ2n) is 3.14. The van der Waals surface area contributed by atoms with Crippen LogP contribution in [0, 0.1) is 0 Å². The van der Waals surface area contributed by atoms with Crippen LogP contribution in [0.1, 0.15) is 0 Å². The molecule has 2 aromatic rings. The van der Waals surface area contributed by atoms with Gasteiger partial charge in [0.15, 0.2) is 0 Å². The predicted molar refractivity (Wildman–Crippen MR) is 60.8 cm³/mol. The van der Waals surface area contributed by atoms with Gasteiger partial charge in [-0.2, -0.15) is 0 Å². The number of nitrogens with two attached hydrogens (primary N) is 1. The molecule has 0 unspecified atom stereocenters. The molecule has 0 saturated heterocycles. The van der Waals surface area contributed by atoms with Crippen LogP contribution in [0.25, 0.3) is 11.3 Å². The molecule has 0 spiro atoms. The molecule has 0 bridgehead atoms. The number of rotatable bonds is 1. The number of nitrogens with zero attached hydrogens (tertiary/aromatic N) is 1. The number of pyridine rings is 1. The van der Waals surface area contributed by atoms with Crippen LogP contribution in [0.15, 0.2) is 36.5 Å². The lowest BCUT2D eigenvalue weighted by Crippen LogP contribution is -1.87. The molecule has 0 saturated carbocycles. The van der Waals surface area contributed by atoms with Crippen molar-refractivity contribution in [3.05, 3.63) is 41.6 Å². The largest absolute Gasteiger partial charge is 0.507 e. The number of halogens is 1. The maximum absolute atomic E-state index is 9.67. The van der Waals surface area contributed by atoms with Crippen molar-refractivity contribution in [2.24, 2.45) is 0 Å². The van der Waals surface area contributed by atoms with Gasteiger partial charge in [0.1, 0.15) is 5.75 Å². The molecule has 2 rings (SSSR count). The Morgan fingerprint density at radius 1 is 1.20 bits per heavy atom. The predicted octanol–water partition coefficient (Wildman–Crippen LogP) is 2.69. The number of hydrogen-bond acceptors (Lipinski definition) is 3. The lowest BCUT2D eigenvalue weighted by atomic mass is 10.1. The van der Waals surface area contributed by atoms with Gasteiger partial charge in [-0.15, -0.1) is 0 Å². The molecular formula is C11H9ClN2O. The average Bonchev–Trinajstić information content (AvgIpc) is 2.17. The summed E-state index contributed by atoms with van der Waals surface area (Å²) >= 11 is 5.83. The van der Waals surface area contributed by atoms with Crippen molar-refractivity contribution in [3.63, 3.8) is 0 Å². The van der Waals surface area contributed by atoms with Gasteiger partial charge in [0.2, 0.25) is 0 Å². The highest BCUT2D eigenvalue weighted by Gasteiger charge is 2.05. The average molecular weight is 221 g/mol. The van der Waals surface area contributed by atoms with Crippen LogP contribution in [0.5, 0.6) is 5.75 Å². The fourth-order valence-corrected chi connectivity index (χ4v) is 1.48. The lowest BCUT2D eigenvalue weighted by Gasteiger charge is -2.04. The molecule has 1 heterocycles. The number of benzene rings is 1. The van der Waals surface area contributed by atoms with Crippen molar-refractivity contribution in [2.75, 3.05) is 5.73 Å². The van der Waals surface area contributed by atoms with Crippen molar-refractivity contribution >= 4 is 17.3 Å². The second kappa shape index (κ2) is 3.79. The lowest BCUT2D eigenvalue weighted by molar-refractivity contribution is 0.477. The van der Waals surface area contributed by atoms with E-state index in [9.17, 15) is 5.11 Å². The number of anilines is 1. The van der Waals surface area contributed by atoms with E-state index in [1.165, 1.54) is 6.07 Å². The van der Waals surface area contributed by atoms with E-state index in [0.29, 0.717) is 22.0 Å². The molecule has 3 N–H and O–H groups in total. The van der Waals surface area contributed by atoms with Crippen LogP contribution in [0.3, 0.4) is 0 Å². The molecule has 3 nitrogen and oxygen atoms in total. The Balaban J connectivity index is 2.54. The Kier molecular flexibility index (Phi) is 2.47. The smallest absolute Gasteiger partial charge is 0.127 e. The first kappa shape index (κ1) is 9.80. The van der Waals surface area contributed by atoms with Gasteiger partial charge >= 0.3 is 0 Å². The number of phenols is 1. The topological polar surface area (TPSA) is 59.1 Å². The van der Waals surface area contributed by atoms with E-state index >= 15 is 0 Å². The minimum atomic E-state index is 0.102. The van der Waals surface area contributed by atoms with Crippen LogP contribution < -0.4 is 5.73 Å². The fraction of sp³-hybridized carbons (Fsp3) is 0. The highest BCUT2D eigenvalue weighted by Crippen LogP contribution is 2.30. The quantitative estimate of drug-likeness (QED) is 0.727. The Labute approximate surface area is 92.1 Å². The van der Waals surface area contributed by atoms with Crippen LogP contribution in [0.2, 0.25) is 5.02 Å². The molecule has 0 aliphatic carbocycles. The molecule has 4 heteroatoms. The summed E-state index contributed by atoms with van der Waals surface area (Å²) in [7, 11) is 0. The second-order valence-corrected chi connectivity index (χ2v) is 3.57. The van der Waals surface area contributed by atoms with Crippen LogP contribution in [-0.2, 0) is 0 Å². The Morgan fingerprint density at radius 2 is 2.00 bits per heavy atom. The third-order valence-corrected chi connectivity index (χ3v) is 2.25. The van der Waals surface area contributed by atoms with Crippen LogP contribution in [0.4, 0.5) is 5.69 Å². The molecule has 1 aromatic carbocycles. The third kappa shape index (κ3) is 2.02. The summed E-state index contributed by atoms with van der Waals surface area (Å²) in [4.78, 5) is 4.12. The Bertz CT molecular complexity index is 500. The zero-order chi connectivity index (χ0) is 10.8. The summed E-state index contributed by atoms with van der Waals surface area (Å²) in [5.74, 6) is 0.102. The first-order valence-corrected chi connectivity index (χ1v) is 4.75. The van der Waals surface area contributed by atoms with E-state index in [2.05, 4.69) is 4.98 Å². The fourth-order valence-electron chi connectivity index (χ4n) is 1.32. The highest BCUT2D eigenvalue weighted by molar-refractivity contribution is 6.30. The number of hydrogen-bond donors (Lipinski definition) is 2. The normalized spacial score (nSPS) is 10.2. The zero-order valence-electron chi connectivity index (χ0n) is 7.81. The monoisotopic (exact) mass is 220 g/mol. The summed E-state index contributed by atoms with van der Waals surface area (Å²) in [6.45, 7) is 0. The summed E-state index contributed by atoms with van der Waals surface area (Å²) in [6, 6.07) is 8.27. The number of phenolic OH excluding ortho intramolecular Hbond substituents is 1. The van der Waals surface area contributed by atoms with Gasteiger partial charge in [-0.3, -0.25) is 4.98 Å². The van der Waals surface area contributed by atoms with Crippen molar-refractivity contribution in [2.45, 2.75) is 0 Å². The molecule has 0 aliphatic heterocycles. The molecule has 0 atom stereocenters. The van der Waals surface area contributed by atoms with Gasteiger partial charge in [-0.1, -0.05) is 11.6 Å². The molecule has 1 aromatic heterocycles. The van der Waals surface area contributed by atoms with E-state index in [1.54, 1.807) is 30.5 Å². The number of aromatic hydroxyl groups is 1. The van der Waals surface area contributed by atoms with E-state index in [4.69, 9.17) is 17.3 Å². The molecule has 0 amide bonds. The highest BCUT2D eigenvalue weighted by atomic mass is 35.5. The van der Waals surface area contributed by atoms with Crippen LogP contribution >= 0.6 is 11.6 Å². The maximum Gasteiger partial charge on any atom is 0.127 e. The van der Waals surface area contributed by atoms with Gasteiger partial charge in [0.25, 0.3) is 0 Å². The van der Waals surface area contributed by atoms with E-state index in [1.807, 2.05) is 0 Å². The summed E-state index contributed by atoms with van der Waals surface area (Å²) in [6.07, 6.45) is 1.59. The number of aromatic nitrogens is 1. The van der Waals surface area contributed by atoms with E-state index < -0.39 is 0 Å². The standard InChI is InChI=1S/C11H9ClN2O/c12-7-3-4-14-10(5-7)9-2-1-8(13)6-11(9)15/h1-6,15H,13H2. The molecule has 15 heavy (non-hydrogen) atoms. The third-order valence-electron chi connectivity index (χ3n) is 2.02. The van der Waals surface area contributed by atoms with Gasteiger partial charge in [-0.25, -0.2) is 0 Å². The molecular weight excluding hydrogens is 212 g/mol. The van der Waals surface area contributed by atoms with Crippen molar-refractivity contribution < 1.29 is 5.11 Å². The molecule has 0 radical (unpaired) electrons. The maximum atomic E-state index is 9.67. The van der Waals surface area contributed by atoms with Crippen molar-refractivity contribution in [1.82, 2.24) is 4.98 Å². The SMILES string of the molecule is Nc1ccc(-c2cc(Cl)ccn2)c(O)c1. The van der Waals surface area contributed by atoms with Crippen molar-refractivity contribution in [3.8, 4) is 17.0 Å². The van der Waals surface area contributed by atoms with Gasteiger partial charge in [-0.05, 0) is 24.3 Å². The van der Waals surface area contributed by atoms with Gasteiger partial charge < -0.3 is 10.8 Å². The van der Waals surface area contributed by atoms with E-state index in [-0.39, 0.29) is 5.75 Å². The molecule has 76 valence electrons. The van der Waals surface area contributed by atoms with Gasteiger partial charge in [0.05, 0.1) is 5.69 Å². The minimum Gasteiger partial charge on any atom is -0.507 e. The van der Waals surface area contributed by atoms with Crippen LogP contribution in [-0.4, -0.2) is 10.1 Å². The summed E-state index contributed by atoms with van der Waals surface area (Å²) < 4.78 is 0. The minimum absolute atomic E-state index is 0.102. The summed E-state index contributed by atoms with van der Waals surface area (Å²) in [5, 5.41) is 10.3. The first-order valence-electron chi connectivity index (χ1n) is 4.37. The molecule has 0 fully saturated rings. The van der Waals surface area contributed by atoms with Crippen molar-refractivity contribution in [1.29, 1.82) is 0 Å². The molecule has 0 aliphatic rings. The summed E-state index contributed by atoms with van der Waals surface area (Å²) in [5.41, 5.74) is 7.28. The van der Waals surface area contributed by atoms with Gasteiger partial charge in [0, 0.05) is 28.5 Å².